The van der Waals surface area contributed by atoms with Gasteiger partial charge in [-0.2, -0.15) is 0 Å². The number of benzene rings is 2. The van der Waals surface area contributed by atoms with E-state index in [-0.39, 0.29) is 36.3 Å². The summed E-state index contributed by atoms with van der Waals surface area (Å²) in [5.41, 5.74) is 2.63. The molecule has 0 aromatic heterocycles. The summed E-state index contributed by atoms with van der Waals surface area (Å²) in [7, 11) is 0. The molecule has 2 aliphatic rings. The number of rotatable bonds is 4. The van der Waals surface area contributed by atoms with Crippen LogP contribution in [-0.4, -0.2) is 0 Å². The van der Waals surface area contributed by atoms with E-state index in [1.54, 1.807) is 0 Å². The van der Waals surface area contributed by atoms with Crippen LogP contribution in [0.2, 0.25) is 3.63 Å². The maximum atomic E-state index is 14.1. The summed E-state index contributed by atoms with van der Waals surface area (Å²) in [6.45, 7) is 0. The third-order valence-corrected chi connectivity index (χ3v) is 8.41. The van der Waals surface area contributed by atoms with Crippen molar-refractivity contribution in [2.75, 3.05) is 0 Å². The van der Waals surface area contributed by atoms with Crippen molar-refractivity contribution >= 4 is 6.08 Å². The predicted octanol–water partition coefficient (Wildman–Crippen LogP) is -0.349. The monoisotopic (exact) mass is 466 g/mol. The zero-order valence-corrected chi connectivity index (χ0v) is 17.8. The fourth-order valence-electron chi connectivity index (χ4n) is 3.41. The number of hydrogen-bond acceptors (Lipinski definition) is 0. The zero-order valence-electron chi connectivity index (χ0n) is 13.8. The van der Waals surface area contributed by atoms with E-state index in [9.17, 15) is 8.78 Å². The fraction of sp³-hybridized carbons (Fsp3) is 0.143. The molecule has 5 heteroatoms. The van der Waals surface area contributed by atoms with Gasteiger partial charge in [0.15, 0.2) is 0 Å². The van der Waals surface area contributed by atoms with Crippen LogP contribution in [0.1, 0.15) is 22.6 Å². The molecule has 0 N–H and O–H groups in total. The molecule has 4 rings (SSSR count). The first-order valence-corrected chi connectivity index (χ1v) is 10.7. The average Bonchev–Trinajstić information content (AvgIpc) is 3.19. The fourth-order valence-corrected chi connectivity index (χ4v) is 7.09. The standard InChI is InChI=1S/C16H11F2.C5H5.2ClH.Zr/c17-15-6-3-7-16(18)14(15)10-12-9-8-11-4-1-2-5-13(11)12;1-2-4-5-3-1;;;/h1-8,12H,10H2;1-5H;2*1H;/q;;;;+2/p-2. The molecule has 0 nitrogen and oxygen atoms in total. The van der Waals surface area contributed by atoms with E-state index < -0.39 is 34.9 Å². The molecule has 1 unspecified atom stereocenters. The number of allylic oxidation sites excluding steroid dienone is 5. The van der Waals surface area contributed by atoms with Crippen molar-refractivity contribution in [3.63, 3.8) is 0 Å². The molecule has 132 valence electrons. The smallest absolute Gasteiger partial charge is 1.00 e. The molecule has 1 atom stereocenters. The third kappa shape index (κ3) is 4.27. The maximum absolute atomic E-state index is 14.1. The van der Waals surface area contributed by atoms with Crippen LogP contribution in [0.4, 0.5) is 8.78 Å². The van der Waals surface area contributed by atoms with Gasteiger partial charge in [0.05, 0.1) is 0 Å². The van der Waals surface area contributed by atoms with Gasteiger partial charge in [0.25, 0.3) is 0 Å². The van der Waals surface area contributed by atoms with Gasteiger partial charge in [0.2, 0.25) is 0 Å². The minimum Gasteiger partial charge on any atom is -1.00 e. The molecule has 0 fully saturated rings. The minimum atomic E-state index is -0.867. The summed E-state index contributed by atoms with van der Waals surface area (Å²) >= 11 is -0.867. The van der Waals surface area contributed by atoms with Gasteiger partial charge in [0.1, 0.15) is 0 Å². The van der Waals surface area contributed by atoms with Gasteiger partial charge < -0.3 is 24.8 Å². The molecular weight excluding hydrogens is 452 g/mol. The zero-order chi connectivity index (χ0) is 16.5. The largest absolute Gasteiger partial charge is 1.00 e. The van der Waals surface area contributed by atoms with Gasteiger partial charge in [-0.15, -0.1) is 0 Å². The molecule has 0 radical (unpaired) electrons. The van der Waals surface area contributed by atoms with Gasteiger partial charge in [0, 0.05) is 0 Å². The van der Waals surface area contributed by atoms with E-state index in [1.165, 1.54) is 32.6 Å². The second-order valence-corrected chi connectivity index (χ2v) is 9.89. The SMILES string of the molecule is Fc1cccc(F)c1CC1[C]([Zr+2][CH]2C=CC=C2)=Cc2ccccc21.[Cl-].[Cl-]. The summed E-state index contributed by atoms with van der Waals surface area (Å²) in [6.07, 6.45) is 11.4. The van der Waals surface area contributed by atoms with Crippen LogP contribution in [0.25, 0.3) is 6.08 Å². The van der Waals surface area contributed by atoms with Crippen LogP contribution in [-0.2, 0) is 29.7 Å². The summed E-state index contributed by atoms with van der Waals surface area (Å²) < 4.78 is 30.3. The molecule has 2 aromatic carbocycles. The first-order chi connectivity index (χ1) is 11.7. The molecule has 0 saturated heterocycles. The van der Waals surface area contributed by atoms with Crippen LogP contribution >= 0.6 is 0 Å². The van der Waals surface area contributed by atoms with Gasteiger partial charge in [-0.1, -0.05) is 0 Å². The van der Waals surface area contributed by atoms with E-state index in [2.05, 4.69) is 42.5 Å². The second-order valence-electron chi connectivity index (χ2n) is 6.13. The Morgan fingerprint density at radius 1 is 0.846 bits per heavy atom. The van der Waals surface area contributed by atoms with Gasteiger partial charge in [-0.05, 0) is 0 Å². The quantitative estimate of drug-likeness (QED) is 0.576. The van der Waals surface area contributed by atoms with Crippen molar-refractivity contribution < 1.29 is 56.8 Å². The Morgan fingerprint density at radius 2 is 1.50 bits per heavy atom. The first-order valence-electron chi connectivity index (χ1n) is 8.07. The van der Waals surface area contributed by atoms with E-state index in [0.29, 0.717) is 10.0 Å². The summed E-state index contributed by atoms with van der Waals surface area (Å²) in [4.78, 5) is 0. The Morgan fingerprint density at radius 3 is 2.19 bits per heavy atom. The van der Waals surface area contributed by atoms with Crippen LogP contribution in [0.3, 0.4) is 0 Å². The van der Waals surface area contributed by atoms with Gasteiger partial charge >= 0.3 is 152 Å². The number of fused-ring (bicyclic) bond motifs is 1. The third-order valence-electron chi connectivity index (χ3n) is 4.61. The van der Waals surface area contributed by atoms with E-state index >= 15 is 0 Å². The summed E-state index contributed by atoms with van der Waals surface area (Å²) in [5, 5.41) is 0. The molecular formula is C21H16Cl2F2Zr. The van der Waals surface area contributed by atoms with Gasteiger partial charge in [-0.25, -0.2) is 0 Å². The molecule has 0 spiro atoms. The Bertz CT molecular complexity index is 842. The molecule has 0 saturated carbocycles. The van der Waals surface area contributed by atoms with Crippen molar-refractivity contribution in [3.8, 4) is 0 Å². The topological polar surface area (TPSA) is 0 Å². The Balaban J connectivity index is 0.00000121. The first kappa shape index (κ1) is 21.3. The Labute approximate surface area is 176 Å². The van der Waals surface area contributed by atoms with Crippen LogP contribution in [0, 0.1) is 11.6 Å². The number of hydrogen-bond donors (Lipinski definition) is 0. The maximum Gasteiger partial charge on any atom is -1.00 e. The van der Waals surface area contributed by atoms with Gasteiger partial charge in [-0.3, -0.25) is 0 Å². The summed E-state index contributed by atoms with van der Waals surface area (Å²) in [5.74, 6) is -0.767. The van der Waals surface area contributed by atoms with Crippen LogP contribution < -0.4 is 24.8 Å². The van der Waals surface area contributed by atoms with Crippen LogP contribution in [0.5, 0.6) is 0 Å². The van der Waals surface area contributed by atoms with E-state index in [4.69, 9.17) is 0 Å². The summed E-state index contributed by atoms with van der Waals surface area (Å²) in [6, 6.07) is 12.4. The molecule has 0 amide bonds. The molecule has 2 aliphatic carbocycles. The molecule has 0 aliphatic heterocycles. The Kier molecular flexibility index (Phi) is 7.58. The van der Waals surface area contributed by atoms with E-state index in [1.807, 2.05) is 12.1 Å². The second kappa shape index (κ2) is 9.26. The van der Waals surface area contributed by atoms with Crippen molar-refractivity contribution in [2.45, 2.75) is 16.0 Å². The Hall–Kier alpha value is -1.02. The molecule has 0 heterocycles. The number of halogens is 4. The molecule has 0 bridgehead atoms. The minimum absolute atomic E-state index is 0. The molecule has 26 heavy (non-hydrogen) atoms. The van der Waals surface area contributed by atoms with Crippen LogP contribution in [0.15, 0.2) is 70.0 Å². The van der Waals surface area contributed by atoms with Crippen molar-refractivity contribution in [3.05, 3.63) is 98.4 Å². The average molecular weight is 468 g/mol. The van der Waals surface area contributed by atoms with Crippen molar-refractivity contribution in [1.82, 2.24) is 0 Å². The molecule has 2 aromatic rings. The predicted molar refractivity (Wildman–Crippen MR) is 89.3 cm³/mol. The van der Waals surface area contributed by atoms with Crippen molar-refractivity contribution in [1.29, 1.82) is 0 Å². The normalized spacial score (nSPS) is 17.2. The van der Waals surface area contributed by atoms with Crippen molar-refractivity contribution in [2.24, 2.45) is 0 Å². The van der Waals surface area contributed by atoms with E-state index in [0.717, 1.165) is 0 Å².